The lowest BCUT2D eigenvalue weighted by molar-refractivity contribution is -0.384. The Labute approximate surface area is 169 Å². The van der Waals surface area contributed by atoms with Gasteiger partial charge in [-0.3, -0.25) is 40.1 Å². The maximum absolute atomic E-state index is 12.3. The van der Waals surface area contributed by atoms with Gasteiger partial charge in [0.1, 0.15) is 11.8 Å². The molecule has 0 fully saturated rings. The van der Waals surface area contributed by atoms with Gasteiger partial charge in [-0.1, -0.05) is 12.1 Å². The smallest absolute Gasteiger partial charge is 0.273 e. The van der Waals surface area contributed by atoms with E-state index in [1.54, 1.807) is 0 Å². The first-order valence-electron chi connectivity index (χ1n) is 8.41. The van der Waals surface area contributed by atoms with E-state index in [2.05, 4.69) is 5.32 Å². The number of hydrazine groups is 1. The number of nitro benzene ring substituents is 1. The number of benzene rings is 2. The van der Waals surface area contributed by atoms with Crippen molar-refractivity contribution in [1.29, 1.82) is 0 Å². The second kappa shape index (κ2) is 9.64. The normalized spacial score (nSPS) is 11.1. The summed E-state index contributed by atoms with van der Waals surface area (Å²) in [5.74, 6) is -3.79. The predicted molar refractivity (Wildman–Crippen MR) is 102 cm³/mol. The molecule has 1 atom stereocenters. The molecule has 156 valence electrons. The molecule has 30 heavy (non-hydrogen) atoms. The van der Waals surface area contributed by atoms with Crippen LogP contribution in [0.4, 0.5) is 5.69 Å². The molecule has 6 N–H and O–H groups in total. The quantitative estimate of drug-likeness (QED) is 0.303. The molecule has 2 aromatic rings. The average Bonchev–Trinajstić information content (AvgIpc) is 2.71. The van der Waals surface area contributed by atoms with Crippen molar-refractivity contribution in [3.05, 3.63) is 69.8 Å². The molecule has 1 unspecified atom stereocenters. The predicted octanol–water partition coefficient (Wildman–Crippen LogP) is -0.265. The Morgan fingerprint density at radius 2 is 1.63 bits per heavy atom. The Kier molecular flexibility index (Phi) is 7.01. The molecule has 2 aromatic carbocycles. The number of para-hydroxylation sites is 1. The fourth-order valence-corrected chi connectivity index (χ4v) is 2.33. The number of hydrogen-bond donors (Lipinski definition) is 5. The topological polar surface area (TPSA) is 194 Å². The van der Waals surface area contributed by atoms with E-state index in [-0.39, 0.29) is 22.6 Å². The van der Waals surface area contributed by atoms with Crippen molar-refractivity contribution in [2.45, 2.75) is 12.5 Å². The standard InChI is InChI=1S/C18H17N5O7/c19-15(25)9-13(20-16(26)10-5-7-11(8-6-10)23(29)30)18(28)22-21-17(27)12-3-1-2-4-14(12)24/h1-8,13,24H,9H2,(H2,19,25)(H,20,26)(H,21,27)(H,22,28). The maximum Gasteiger partial charge on any atom is 0.273 e. The van der Waals surface area contributed by atoms with E-state index in [9.17, 15) is 34.4 Å². The van der Waals surface area contributed by atoms with Crippen molar-refractivity contribution < 1.29 is 29.2 Å². The number of primary amides is 1. The Hall–Kier alpha value is -4.48. The molecule has 4 amide bonds. The minimum Gasteiger partial charge on any atom is -0.507 e. The van der Waals surface area contributed by atoms with E-state index in [1.807, 2.05) is 10.9 Å². The fourth-order valence-electron chi connectivity index (χ4n) is 2.33. The number of carbonyl (C=O) groups is 4. The van der Waals surface area contributed by atoms with Gasteiger partial charge in [0, 0.05) is 17.7 Å². The Balaban J connectivity index is 2.05. The van der Waals surface area contributed by atoms with Crippen LogP contribution >= 0.6 is 0 Å². The molecule has 2 rings (SSSR count). The van der Waals surface area contributed by atoms with Gasteiger partial charge in [-0.15, -0.1) is 0 Å². The second-order valence-electron chi connectivity index (χ2n) is 5.96. The third kappa shape index (κ3) is 5.76. The number of aromatic hydroxyl groups is 1. The number of rotatable bonds is 7. The summed E-state index contributed by atoms with van der Waals surface area (Å²) in [7, 11) is 0. The van der Waals surface area contributed by atoms with E-state index in [1.165, 1.54) is 36.4 Å². The Morgan fingerprint density at radius 3 is 2.20 bits per heavy atom. The molecular formula is C18H17N5O7. The van der Waals surface area contributed by atoms with Gasteiger partial charge < -0.3 is 16.2 Å². The van der Waals surface area contributed by atoms with Crippen LogP contribution in [0.3, 0.4) is 0 Å². The third-order valence-electron chi connectivity index (χ3n) is 3.82. The largest absolute Gasteiger partial charge is 0.507 e. The van der Waals surface area contributed by atoms with Crippen LogP contribution in [0.2, 0.25) is 0 Å². The molecule has 0 heterocycles. The number of non-ortho nitro benzene ring substituents is 1. The molecule has 0 aliphatic rings. The highest BCUT2D eigenvalue weighted by atomic mass is 16.6. The van der Waals surface area contributed by atoms with Gasteiger partial charge in [0.25, 0.3) is 23.4 Å². The van der Waals surface area contributed by atoms with Crippen LogP contribution in [0.25, 0.3) is 0 Å². The number of hydrogen-bond acceptors (Lipinski definition) is 7. The van der Waals surface area contributed by atoms with Gasteiger partial charge >= 0.3 is 0 Å². The molecule has 0 spiro atoms. The van der Waals surface area contributed by atoms with Gasteiger partial charge in [0.2, 0.25) is 5.91 Å². The lowest BCUT2D eigenvalue weighted by atomic mass is 10.1. The fraction of sp³-hybridized carbons (Fsp3) is 0.111. The molecular weight excluding hydrogens is 398 g/mol. The second-order valence-corrected chi connectivity index (χ2v) is 5.96. The molecule has 12 heteroatoms. The first-order valence-corrected chi connectivity index (χ1v) is 8.41. The summed E-state index contributed by atoms with van der Waals surface area (Å²) in [6.45, 7) is 0. The zero-order valence-corrected chi connectivity index (χ0v) is 15.3. The van der Waals surface area contributed by atoms with Crippen LogP contribution in [0.5, 0.6) is 5.75 Å². The first-order chi connectivity index (χ1) is 14.2. The molecule has 0 saturated carbocycles. The molecule has 0 saturated heterocycles. The van der Waals surface area contributed by atoms with Crippen LogP contribution in [0.1, 0.15) is 27.1 Å². The zero-order chi connectivity index (χ0) is 22.3. The van der Waals surface area contributed by atoms with E-state index < -0.39 is 41.0 Å². The van der Waals surface area contributed by atoms with Gasteiger partial charge in [0.15, 0.2) is 0 Å². The van der Waals surface area contributed by atoms with E-state index in [0.717, 1.165) is 12.1 Å². The van der Waals surface area contributed by atoms with Gasteiger partial charge in [0.05, 0.1) is 16.9 Å². The highest BCUT2D eigenvalue weighted by Crippen LogP contribution is 2.15. The average molecular weight is 415 g/mol. The first kappa shape index (κ1) is 21.8. The number of nitro groups is 1. The molecule has 0 bridgehead atoms. The Morgan fingerprint density at radius 1 is 1.00 bits per heavy atom. The zero-order valence-electron chi connectivity index (χ0n) is 15.3. The minimum absolute atomic E-state index is 0.00103. The number of carbonyl (C=O) groups excluding carboxylic acids is 4. The number of amides is 4. The van der Waals surface area contributed by atoms with Crippen LogP contribution in [0.15, 0.2) is 48.5 Å². The lowest BCUT2D eigenvalue weighted by Gasteiger charge is -2.17. The highest BCUT2D eigenvalue weighted by molar-refractivity contribution is 6.01. The van der Waals surface area contributed by atoms with Crippen molar-refractivity contribution >= 4 is 29.3 Å². The van der Waals surface area contributed by atoms with Crippen molar-refractivity contribution in [3.63, 3.8) is 0 Å². The number of phenolic OH excluding ortho intramolecular Hbond substituents is 1. The molecule has 0 radical (unpaired) electrons. The van der Waals surface area contributed by atoms with Crippen molar-refractivity contribution in [1.82, 2.24) is 16.2 Å². The van der Waals surface area contributed by atoms with Gasteiger partial charge in [-0.2, -0.15) is 0 Å². The number of nitrogens with one attached hydrogen (secondary N) is 3. The molecule has 0 aliphatic carbocycles. The summed E-state index contributed by atoms with van der Waals surface area (Å²) in [4.78, 5) is 57.9. The van der Waals surface area contributed by atoms with Crippen molar-refractivity contribution in [2.24, 2.45) is 5.73 Å². The van der Waals surface area contributed by atoms with Crippen LogP contribution in [0, 0.1) is 10.1 Å². The van der Waals surface area contributed by atoms with Crippen LogP contribution < -0.4 is 21.9 Å². The monoisotopic (exact) mass is 415 g/mol. The number of nitrogens with zero attached hydrogens (tertiary/aromatic N) is 1. The van der Waals surface area contributed by atoms with Crippen molar-refractivity contribution in [2.75, 3.05) is 0 Å². The molecule has 0 aromatic heterocycles. The van der Waals surface area contributed by atoms with E-state index >= 15 is 0 Å². The summed E-state index contributed by atoms with van der Waals surface area (Å²) in [6.07, 6.45) is -0.572. The van der Waals surface area contributed by atoms with Gasteiger partial charge in [-0.25, -0.2) is 0 Å². The minimum atomic E-state index is -1.44. The van der Waals surface area contributed by atoms with Crippen molar-refractivity contribution in [3.8, 4) is 5.75 Å². The van der Waals surface area contributed by atoms with E-state index in [4.69, 9.17) is 5.73 Å². The number of phenols is 1. The number of nitrogens with two attached hydrogens (primary N) is 1. The summed E-state index contributed by atoms with van der Waals surface area (Å²) in [5.41, 5.74) is 8.84. The SMILES string of the molecule is NC(=O)CC(NC(=O)c1ccc([N+](=O)[O-])cc1)C(=O)NNC(=O)c1ccccc1O. The molecule has 12 nitrogen and oxygen atoms in total. The Bertz CT molecular complexity index is 991. The maximum atomic E-state index is 12.3. The molecule has 0 aliphatic heterocycles. The summed E-state index contributed by atoms with van der Waals surface area (Å²) >= 11 is 0. The third-order valence-corrected chi connectivity index (χ3v) is 3.82. The van der Waals surface area contributed by atoms with Crippen LogP contribution in [-0.4, -0.2) is 39.7 Å². The van der Waals surface area contributed by atoms with Gasteiger partial charge in [-0.05, 0) is 24.3 Å². The lowest BCUT2D eigenvalue weighted by Crippen LogP contribution is -2.53. The summed E-state index contributed by atoms with van der Waals surface area (Å²) in [6, 6.07) is 8.70. The van der Waals surface area contributed by atoms with Crippen LogP contribution in [-0.2, 0) is 9.59 Å². The summed E-state index contributed by atoms with van der Waals surface area (Å²) < 4.78 is 0. The highest BCUT2D eigenvalue weighted by Gasteiger charge is 2.24. The van der Waals surface area contributed by atoms with E-state index in [0.29, 0.717) is 0 Å². The summed E-state index contributed by atoms with van der Waals surface area (Å²) in [5, 5.41) is 22.6.